The summed E-state index contributed by atoms with van der Waals surface area (Å²) in [5, 5.41) is 2.94. The molecule has 1 N–H and O–H groups in total. The van der Waals surface area contributed by atoms with Gasteiger partial charge in [-0.25, -0.2) is 4.98 Å². The van der Waals surface area contributed by atoms with Gasteiger partial charge >= 0.3 is 0 Å². The largest absolute Gasteiger partial charge is 0.443 e. The highest BCUT2D eigenvalue weighted by Gasteiger charge is 2.19. The molecule has 5 heteroatoms. The van der Waals surface area contributed by atoms with Gasteiger partial charge in [-0.3, -0.25) is 4.79 Å². The maximum absolute atomic E-state index is 12.2. The van der Waals surface area contributed by atoms with E-state index in [1.165, 1.54) is 6.39 Å². The van der Waals surface area contributed by atoms with Crippen LogP contribution in [0.5, 0.6) is 0 Å². The minimum Gasteiger partial charge on any atom is -0.443 e. The normalized spacial score (nSPS) is 14.9. The first-order valence-electron chi connectivity index (χ1n) is 7.69. The molecule has 1 aromatic heterocycles. The SMILES string of the molecule is CC(C)(C)N1C=CC(NC(=O)Cc2ccc3ncoc3c2)=CC1. The van der Waals surface area contributed by atoms with Gasteiger partial charge in [-0.1, -0.05) is 6.07 Å². The Morgan fingerprint density at radius 3 is 2.91 bits per heavy atom. The fourth-order valence-corrected chi connectivity index (χ4v) is 2.49. The number of aromatic nitrogens is 1. The van der Waals surface area contributed by atoms with Gasteiger partial charge in [-0.15, -0.1) is 0 Å². The molecule has 2 aromatic rings. The van der Waals surface area contributed by atoms with Crippen molar-refractivity contribution < 1.29 is 9.21 Å². The third kappa shape index (κ3) is 3.62. The van der Waals surface area contributed by atoms with Crippen molar-refractivity contribution in [2.75, 3.05) is 6.54 Å². The van der Waals surface area contributed by atoms with Crippen LogP contribution in [-0.2, 0) is 11.2 Å². The Labute approximate surface area is 135 Å². The number of nitrogens with one attached hydrogen (secondary N) is 1. The molecular formula is C18H21N3O2. The molecule has 1 aliphatic rings. The van der Waals surface area contributed by atoms with Crippen LogP contribution in [0.25, 0.3) is 11.1 Å². The van der Waals surface area contributed by atoms with Gasteiger partial charge in [0.2, 0.25) is 5.91 Å². The summed E-state index contributed by atoms with van der Waals surface area (Å²) in [6.07, 6.45) is 7.71. The Morgan fingerprint density at radius 2 is 2.22 bits per heavy atom. The molecular weight excluding hydrogens is 290 g/mol. The zero-order valence-corrected chi connectivity index (χ0v) is 13.7. The van der Waals surface area contributed by atoms with Gasteiger partial charge < -0.3 is 14.6 Å². The quantitative estimate of drug-likeness (QED) is 0.946. The highest BCUT2D eigenvalue weighted by molar-refractivity contribution is 5.82. The summed E-state index contributed by atoms with van der Waals surface area (Å²) >= 11 is 0. The second kappa shape index (κ2) is 5.91. The topological polar surface area (TPSA) is 58.4 Å². The van der Waals surface area contributed by atoms with E-state index in [9.17, 15) is 4.79 Å². The molecule has 3 rings (SSSR count). The molecule has 0 saturated carbocycles. The minimum atomic E-state index is -0.0380. The number of carbonyl (C=O) groups is 1. The minimum absolute atomic E-state index is 0.0380. The molecule has 0 saturated heterocycles. The first-order chi connectivity index (χ1) is 10.9. The third-order valence-corrected chi connectivity index (χ3v) is 3.85. The molecule has 0 atom stereocenters. The molecule has 5 nitrogen and oxygen atoms in total. The van der Waals surface area contributed by atoms with Gasteiger partial charge in [0.1, 0.15) is 5.52 Å². The maximum atomic E-state index is 12.2. The fraction of sp³-hybridized carbons (Fsp3) is 0.333. The van der Waals surface area contributed by atoms with Crippen LogP contribution in [0.3, 0.4) is 0 Å². The lowest BCUT2D eigenvalue weighted by molar-refractivity contribution is -0.119. The summed E-state index contributed by atoms with van der Waals surface area (Å²) in [4.78, 5) is 18.5. The van der Waals surface area contributed by atoms with E-state index >= 15 is 0 Å². The van der Waals surface area contributed by atoms with Crippen molar-refractivity contribution in [2.45, 2.75) is 32.7 Å². The predicted molar refractivity (Wildman–Crippen MR) is 89.5 cm³/mol. The van der Waals surface area contributed by atoms with Crippen molar-refractivity contribution in [2.24, 2.45) is 0 Å². The second-order valence-corrected chi connectivity index (χ2v) is 6.68. The number of hydrogen-bond donors (Lipinski definition) is 1. The van der Waals surface area contributed by atoms with E-state index in [1.807, 2.05) is 36.6 Å². The average Bonchev–Trinajstić information content (AvgIpc) is 2.94. The van der Waals surface area contributed by atoms with Gasteiger partial charge in [-0.2, -0.15) is 0 Å². The van der Waals surface area contributed by atoms with Crippen LogP contribution in [0.2, 0.25) is 0 Å². The Kier molecular flexibility index (Phi) is 3.94. The average molecular weight is 311 g/mol. The first kappa shape index (κ1) is 15.3. The number of oxazole rings is 1. The van der Waals surface area contributed by atoms with Crippen LogP contribution in [0, 0.1) is 0 Å². The van der Waals surface area contributed by atoms with Crippen LogP contribution in [0.4, 0.5) is 0 Å². The van der Waals surface area contributed by atoms with E-state index < -0.39 is 0 Å². The molecule has 1 aliphatic heterocycles. The summed E-state index contributed by atoms with van der Waals surface area (Å²) < 4.78 is 5.26. The molecule has 0 spiro atoms. The van der Waals surface area contributed by atoms with Crippen molar-refractivity contribution in [1.82, 2.24) is 15.2 Å². The van der Waals surface area contributed by atoms with Gasteiger partial charge in [-0.05, 0) is 50.6 Å². The summed E-state index contributed by atoms with van der Waals surface area (Å²) in [6, 6.07) is 5.62. The molecule has 2 heterocycles. The number of nitrogens with zero attached hydrogens (tertiary/aromatic N) is 2. The molecule has 120 valence electrons. The van der Waals surface area contributed by atoms with Crippen LogP contribution in [-0.4, -0.2) is 27.9 Å². The number of amides is 1. The van der Waals surface area contributed by atoms with E-state index in [2.05, 4.69) is 36.0 Å². The number of fused-ring (bicyclic) bond motifs is 1. The molecule has 1 aromatic carbocycles. The highest BCUT2D eigenvalue weighted by atomic mass is 16.3. The molecule has 23 heavy (non-hydrogen) atoms. The van der Waals surface area contributed by atoms with Gasteiger partial charge in [0.05, 0.1) is 6.42 Å². The summed E-state index contributed by atoms with van der Waals surface area (Å²) in [5.74, 6) is -0.0380. The van der Waals surface area contributed by atoms with Crippen LogP contribution in [0.1, 0.15) is 26.3 Å². The van der Waals surface area contributed by atoms with Gasteiger partial charge in [0.15, 0.2) is 12.0 Å². The van der Waals surface area contributed by atoms with Crippen molar-refractivity contribution in [3.63, 3.8) is 0 Å². The maximum Gasteiger partial charge on any atom is 0.228 e. The molecule has 0 aliphatic carbocycles. The number of hydrogen-bond acceptors (Lipinski definition) is 4. The number of allylic oxidation sites excluding steroid dienone is 1. The summed E-state index contributed by atoms with van der Waals surface area (Å²) in [6.45, 7) is 7.27. The van der Waals surface area contributed by atoms with E-state index in [4.69, 9.17) is 4.42 Å². The molecule has 0 bridgehead atoms. The lowest BCUT2D eigenvalue weighted by atomic mass is 10.1. The lowest BCUT2D eigenvalue weighted by Gasteiger charge is -2.35. The number of carbonyl (C=O) groups excluding carboxylic acids is 1. The Hall–Kier alpha value is -2.56. The van der Waals surface area contributed by atoms with Gasteiger partial charge in [0, 0.05) is 24.0 Å². The molecule has 0 unspecified atom stereocenters. The molecule has 0 fully saturated rings. The number of benzene rings is 1. The number of rotatable bonds is 3. The Bertz CT molecular complexity index is 781. The third-order valence-electron chi connectivity index (χ3n) is 3.85. The van der Waals surface area contributed by atoms with Crippen molar-refractivity contribution in [3.8, 4) is 0 Å². The highest BCUT2D eigenvalue weighted by Crippen LogP contribution is 2.18. The van der Waals surface area contributed by atoms with Crippen LogP contribution < -0.4 is 5.32 Å². The smallest absolute Gasteiger partial charge is 0.228 e. The summed E-state index contributed by atoms with van der Waals surface area (Å²) in [5.41, 5.74) is 3.33. The van der Waals surface area contributed by atoms with E-state index in [1.54, 1.807) is 0 Å². The van der Waals surface area contributed by atoms with Crippen LogP contribution in [0.15, 0.2) is 53.1 Å². The predicted octanol–water partition coefficient (Wildman–Crippen LogP) is 3.00. The Morgan fingerprint density at radius 1 is 1.39 bits per heavy atom. The van der Waals surface area contributed by atoms with Crippen molar-refractivity contribution in [1.29, 1.82) is 0 Å². The van der Waals surface area contributed by atoms with E-state index in [0.717, 1.165) is 23.3 Å². The van der Waals surface area contributed by atoms with Gasteiger partial charge in [0.25, 0.3) is 0 Å². The standard InChI is InChI=1S/C18H21N3O2/c1-18(2,3)21-8-6-14(7-9-21)20-17(22)11-13-4-5-15-16(10-13)23-12-19-15/h4-8,10,12H,9,11H2,1-3H3,(H,20,22). The second-order valence-electron chi connectivity index (χ2n) is 6.68. The Balaban J connectivity index is 1.60. The zero-order chi connectivity index (χ0) is 16.4. The summed E-state index contributed by atoms with van der Waals surface area (Å²) in [7, 11) is 0. The van der Waals surface area contributed by atoms with Crippen LogP contribution >= 0.6 is 0 Å². The first-order valence-corrected chi connectivity index (χ1v) is 7.69. The molecule has 0 radical (unpaired) electrons. The lowest BCUT2D eigenvalue weighted by Crippen LogP contribution is -2.39. The van der Waals surface area contributed by atoms with E-state index in [0.29, 0.717) is 12.0 Å². The zero-order valence-electron chi connectivity index (χ0n) is 13.7. The molecule has 1 amide bonds. The van der Waals surface area contributed by atoms with E-state index in [-0.39, 0.29) is 11.4 Å². The monoisotopic (exact) mass is 311 g/mol. The van der Waals surface area contributed by atoms with Crippen molar-refractivity contribution in [3.05, 3.63) is 54.2 Å². The van der Waals surface area contributed by atoms with Crippen molar-refractivity contribution >= 4 is 17.0 Å². The fourth-order valence-electron chi connectivity index (χ4n) is 2.49.